The number of aliphatic hydroxyl groups is 1. The molecule has 2 nitrogen and oxygen atoms in total. The van der Waals surface area contributed by atoms with E-state index in [0.29, 0.717) is 5.56 Å². The highest BCUT2D eigenvalue weighted by molar-refractivity contribution is 5.98. The van der Waals surface area contributed by atoms with Crippen molar-refractivity contribution in [2.45, 2.75) is 13.0 Å². The Bertz CT molecular complexity index is 793. The van der Waals surface area contributed by atoms with Gasteiger partial charge in [0.15, 0.2) is 5.78 Å². The van der Waals surface area contributed by atoms with Crippen LogP contribution >= 0.6 is 0 Å². The maximum atomic E-state index is 12.5. The second kappa shape index (κ2) is 6.12. The second-order valence-corrected chi connectivity index (χ2v) is 5.57. The van der Waals surface area contributed by atoms with E-state index in [0.717, 1.165) is 16.3 Å². The number of carbonyl (C=O) groups excluding carboxylic acids is 1. The molecule has 1 N–H and O–H groups in total. The summed E-state index contributed by atoms with van der Waals surface area (Å²) in [7, 11) is 0. The SMILES string of the molecule is C[C@@H](C(=O)c1ccccc1)[C@@H](O)c1ccc2ccccc2c1. The lowest BCUT2D eigenvalue weighted by molar-refractivity contribution is 0.0714. The molecule has 2 heteroatoms. The second-order valence-electron chi connectivity index (χ2n) is 5.57. The summed E-state index contributed by atoms with van der Waals surface area (Å²) in [5.74, 6) is -0.523. The van der Waals surface area contributed by atoms with Gasteiger partial charge in [0.25, 0.3) is 0 Å². The first-order valence-electron chi connectivity index (χ1n) is 7.43. The fourth-order valence-corrected chi connectivity index (χ4v) is 2.69. The predicted octanol–water partition coefficient (Wildman–Crippen LogP) is 4.39. The van der Waals surface area contributed by atoms with Crippen LogP contribution in [-0.4, -0.2) is 10.9 Å². The van der Waals surface area contributed by atoms with Crippen molar-refractivity contribution in [1.29, 1.82) is 0 Å². The van der Waals surface area contributed by atoms with Crippen molar-refractivity contribution >= 4 is 16.6 Å². The molecule has 0 aliphatic carbocycles. The topological polar surface area (TPSA) is 37.3 Å². The number of hydrogen-bond donors (Lipinski definition) is 1. The number of ketones is 1. The summed E-state index contributed by atoms with van der Waals surface area (Å²) in [6, 6.07) is 22.9. The maximum Gasteiger partial charge on any atom is 0.168 e. The molecule has 0 saturated carbocycles. The van der Waals surface area contributed by atoms with Crippen LogP contribution in [0, 0.1) is 5.92 Å². The zero-order chi connectivity index (χ0) is 15.5. The van der Waals surface area contributed by atoms with E-state index in [1.807, 2.05) is 60.7 Å². The van der Waals surface area contributed by atoms with Crippen LogP contribution in [0.25, 0.3) is 10.8 Å². The van der Waals surface area contributed by atoms with Crippen LogP contribution in [0.1, 0.15) is 28.9 Å². The molecule has 0 amide bonds. The van der Waals surface area contributed by atoms with Crippen LogP contribution in [0.4, 0.5) is 0 Å². The van der Waals surface area contributed by atoms with E-state index < -0.39 is 12.0 Å². The predicted molar refractivity (Wildman–Crippen MR) is 88.8 cm³/mol. The maximum absolute atomic E-state index is 12.5. The van der Waals surface area contributed by atoms with Crippen molar-refractivity contribution in [3.63, 3.8) is 0 Å². The Kier molecular flexibility index (Phi) is 4.03. The zero-order valence-corrected chi connectivity index (χ0v) is 12.4. The summed E-state index contributed by atoms with van der Waals surface area (Å²) in [6.45, 7) is 1.77. The summed E-state index contributed by atoms with van der Waals surface area (Å²) >= 11 is 0. The van der Waals surface area contributed by atoms with Gasteiger partial charge in [0.1, 0.15) is 0 Å². The molecule has 110 valence electrons. The van der Waals surface area contributed by atoms with Crippen molar-refractivity contribution < 1.29 is 9.90 Å². The van der Waals surface area contributed by atoms with Crippen LogP contribution < -0.4 is 0 Å². The Balaban J connectivity index is 1.88. The molecule has 0 aliphatic heterocycles. The molecule has 0 heterocycles. The van der Waals surface area contributed by atoms with Gasteiger partial charge in [-0.3, -0.25) is 4.79 Å². The molecule has 3 rings (SSSR count). The summed E-state index contributed by atoms with van der Waals surface area (Å²) in [5.41, 5.74) is 1.41. The molecule has 0 unspecified atom stereocenters. The minimum atomic E-state index is -0.808. The third-order valence-corrected chi connectivity index (χ3v) is 4.06. The van der Waals surface area contributed by atoms with Crippen LogP contribution in [0.2, 0.25) is 0 Å². The van der Waals surface area contributed by atoms with Crippen molar-refractivity contribution in [2.24, 2.45) is 5.92 Å². The Hall–Kier alpha value is -2.45. The van der Waals surface area contributed by atoms with Crippen molar-refractivity contribution in [1.82, 2.24) is 0 Å². The quantitative estimate of drug-likeness (QED) is 0.723. The van der Waals surface area contributed by atoms with Gasteiger partial charge < -0.3 is 5.11 Å². The van der Waals surface area contributed by atoms with Gasteiger partial charge in [-0.25, -0.2) is 0 Å². The monoisotopic (exact) mass is 290 g/mol. The molecule has 2 atom stereocenters. The summed E-state index contributed by atoms with van der Waals surface area (Å²) in [6.07, 6.45) is -0.808. The molecular formula is C20H18O2. The summed E-state index contributed by atoms with van der Waals surface area (Å²) in [4.78, 5) is 12.5. The molecule has 3 aromatic carbocycles. The molecule has 0 radical (unpaired) electrons. The number of Topliss-reactive ketones (excluding diaryl/α,β-unsaturated/α-hetero) is 1. The Morgan fingerprint density at radius 1 is 0.864 bits per heavy atom. The van der Waals surface area contributed by atoms with Crippen molar-refractivity contribution in [3.05, 3.63) is 83.9 Å². The lowest BCUT2D eigenvalue weighted by Gasteiger charge is -2.18. The highest BCUT2D eigenvalue weighted by atomic mass is 16.3. The number of fused-ring (bicyclic) bond motifs is 1. The van der Waals surface area contributed by atoms with Gasteiger partial charge in [-0.05, 0) is 22.4 Å². The fraction of sp³-hybridized carbons (Fsp3) is 0.150. The molecule has 0 fully saturated rings. The van der Waals surface area contributed by atoms with Crippen LogP contribution in [0.3, 0.4) is 0 Å². The first kappa shape index (κ1) is 14.5. The molecule has 0 saturated heterocycles. The average molecular weight is 290 g/mol. The number of rotatable bonds is 4. The molecule has 0 bridgehead atoms. The fourth-order valence-electron chi connectivity index (χ4n) is 2.69. The third-order valence-electron chi connectivity index (χ3n) is 4.06. The van der Waals surface area contributed by atoms with E-state index in [4.69, 9.17) is 0 Å². The van der Waals surface area contributed by atoms with E-state index in [1.165, 1.54) is 0 Å². The van der Waals surface area contributed by atoms with Gasteiger partial charge in [-0.1, -0.05) is 73.7 Å². The number of aliphatic hydroxyl groups excluding tert-OH is 1. The minimum absolute atomic E-state index is 0.0405. The standard InChI is InChI=1S/C20H18O2/c1-14(19(21)16-8-3-2-4-9-16)20(22)18-12-11-15-7-5-6-10-17(15)13-18/h2-14,20,22H,1H3/t14-,20+/m0/s1. The normalized spacial score (nSPS) is 13.7. The van der Waals surface area contributed by atoms with E-state index >= 15 is 0 Å². The van der Waals surface area contributed by atoms with Gasteiger partial charge >= 0.3 is 0 Å². The molecule has 0 aliphatic rings. The van der Waals surface area contributed by atoms with Gasteiger partial charge in [-0.15, -0.1) is 0 Å². The number of benzene rings is 3. The van der Waals surface area contributed by atoms with Crippen LogP contribution in [0.5, 0.6) is 0 Å². The van der Waals surface area contributed by atoms with Gasteiger partial charge in [-0.2, -0.15) is 0 Å². The van der Waals surface area contributed by atoms with Gasteiger partial charge in [0.05, 0.1) is 6.10 Å². The van der Waals surface area contributed by atoms with Crippen LogP contribution in [-0.2, 0) is 0 Å². The Morgan fingerprint density at radius 2 is 1.50 bits per heavy atom. The molecule has 22 heavy (non-hydrogen) atoms. The molecule has 0 spiro atoms. The minimum Gasteiger partial charge on any atom is -0.388 e. The van der Waals surface area contributed by atoms with E-state index in [-0.39, 0.29) is 5.78 Å². The highest BCUT2D eigenvalue weighted by Crippen LogP contribution is 2.27. The van der Waals surface area contributed by atoms with Crippen molar-refractivity contribution in [3.8, 4) is 0 Å². The highest BCUT2D eigenvalue weighted by Gasteiger charge is 2.24. The third kappa shape index (κ3) is 2.78. The van der Waals surface area contributed by atoms with E-state index in [2.05, 4.69) is 0 Å². The van der Waals surface area contributed by atoms with E-state index in [9.17, 15) is 9.90 Å². The summed E-state index contributed by atoms with van der Waals surface area (Å²) in [5, 5.41) is 12.8. The largest absolute Gasteiger partial charge is 0.388 e. The Labute approximate surface area is 130 Å². The smallest absolute Gasteiger partial charge is 0.168 e. The summed E-state index contributed by atoms with van der Waals surface area (Å²) < 4.78 is 0. The van der Waals surface area contributed by atoms with Gasteiger partial charge in [0, 0.05) is 11.5 Å². The first-order valence-corrected chi connectivity index (χ1v) is 7.43. The molecular weight excluding hydrogens is 272 g/mol. The lowest BCUT2D eigenvalue weighted by atomic mass is 9.89. The van der Waals surface area contributed by atoms with Crippen LogP contribution in [0.15, 0.2) is 72.8 Å². The molecule has 3 aromatic rings. The lowest BCUT2D eigenvalue weighted by Crippen LogP contribution is -2.19. The van der Waals surface area contributed by atoms with Gasteiger partial charge in [0.2, 0.25) is 0 Å². The first-order chi connectivity index (χ1) is 10.7. The molecule has 0 aromatic heterocycles. The van der Waals surface area contributed by atoms with E-state index in [1.54, 1.807) is 19.1 Å². The number of hydrogen-bond acceptors (Lipinski definition) is 2. The number of carbonyl (C=O) groups is 1. The zero-order valence-electron chi connectivity index (χ0n) is 12.4. The Morgan fingerprint density at radius 3 is 2.23 bits per heavy atom. The average Bonchev–Trinajstić information content (AvgIpc) is 2.60. The van der Waals surface area contributed by atoms with Crippen molar-refractivity contribution in [2.75, 3.05) is 0 Å².